The van der Waals surface area contributed by atoms with Crippen molar-refractivity contribution in [3.63, 3.8) is 0 Å². The molecule has 1 aromatic heterocycles. The smallest absolute Gasteiger partial charge is 0.337 e. The zero-order chi connectivity index (χ0) is 22.2. The second kappa shape index (κ2) is 7.98. The molecule has 1 aliphatic heterocycles. The van der Waals surface area contributed by atoms with Crippen LogP contribution in [0.25, 0.3) is 10.9 Å². The molecule has 2 amide bonds. The number of ether oxygens (including phenoxy) is 2. The number of amides is 2. The van der Waals surface area contributed by atoms with Crippen molar-refractivity contribution in [1.82, 2.24) is 9.88 Å². The fourth-order valence-corrected chi connectivity index (χ4v) is 3.82. The van der Waals surface area contributed by atoms with Crippen molar-refractivity contribution in [3.8, 4) is 5.75 Å². The number of esters is 1. The third-order valence-electron chi connectivity index (χ3n) is 5.23. The van der Waals surface area contributed by atoms with E-state index in [4.69, 9.17) is 9.47 Å². The van der Waals surface area contributed by atoms with Crippen LogP contribution in [0.15, 0.2) is 42.5 Å². The van der Waals surface area contributed by atoms with E-state index >= 15 is 0 Å². The Morgan fingerprint density at radius 2 is 1.90 bits per heavy atom. The van der Waals surface area contributed by atoms with Gasteiger partial charge in [0.2, 0.25) is 0 Å². The molecule has 2 N–H and O–H groups in total. The van der Waals surface area contributed by atoms with Crippen LogP contribution in [0.2, 0.25) is 0 Å². The van der Waals surface area contributed by atoms with Crippen LogP contribution in [-0.4, -0.2) is 41.1 Å². The number of aromatic nitrogens is 1. The third kappa shape index (κ3) is 4.35. The summed E-state index contributed by atoms with van der Waals surface area (Å²) in [5, 5.41) is 3.93. The van der Waals surface area contributed by atoms with Gasteiger partial charge >= 0.3 is 12.0 Å². The van der Waals surface area contributed by atoms with Crippen LogP contribution in [0, 0.1) is 0 Å². The maximum absolute atomic E-state index is 13.0. The van der Waals surface area contributed by atoms with Crippen LogP contribution < -0.4 is 10.1 Å². The third-order valence-corrected chi connectivity index (χ3v) is 5.23. The normalized spacial score (nSPS) is 13.6. The summed E-state index contributed by atoms with van der Waals surface area (Å²) in [6.07, 6.45) is 0.713. The Balaban J connectivity index is 1.56. The number of hydrogen-bond donors (Lipinski definition) is 2. The first-order valence-electron chi connectivity index (χ1n) is 10.3. The lowest BCUT2D eigenvalue weighted by molar-refractivity contribution is 0.0601. The van der Waals surface area contributed by atoms with Gasteiger partial charge in [0, 0.05) is 41.7 Å². The molecule has 0 fully saturated rings. The molecule has 0 aliphatic carbocycles. The molecular formula is C24H27N3O4. The highest BCUT2D eigenvalue weighted by Crippen LogP contribution is 2.31. The molecular weight excluding hydrogens is 394 g/mol. The number of anilines is 1. The van der Waals surface area contributed by atoms with Crippen LogP contribution in [-0.2, 0) is 17.7 Å². The molecule has 0 bridgehead atoms. The van der Waals surface area contributed by atoms with Crippen LogP contribution in [0.3, 0.4) is 0 Å². The minimum Gasteiger partial charge on any atom is -0.486 e. The number of nitrogens with zero attached hydrogens (tertiary/aromatic N) is 1. The Labute approximate surface area is 181 Å². The van der Waals surface area contributed by atoms with Gasteiger partial charge in [0.1, 0.15) is 11.4 Å². The summed E-state index contributed by atoms with van der Waals surface area (Å²) < 4.78 is 10.8. The molecule has 0 unspecified atom stereocenters. The highest BCUT2D eigenvalue weighted by molar-refractivity contribution is 5.97. The minimum absolute atomic E-state index is 0.186. The van der Waals surface area contributed by atoms with Crippen LogP contribution in [0.4, 0.5) is 10.5 Å². The molecule has 7 heteroatoms. The molecule has 0 spiro atoms. The van der Waals surface area contributed by atoms with Crippen molar-refractivity contribution in [2.75, 3.05) is 19.0 Å². The van der Waals surface area contributed by atoms with Crippen molar-refractivity contribution in [3.05, 3.63) is 59.3 Å². The van der Waals surface area contributed by atoms with Gasteiger partial charge in [0.15, 0.2) is 0 Å². The average Bonchev–Trinajstić information content (AvgIpc) is 3.10. The van der Waals surface area contributed by atoms with Crippen molar-refractivity contribution in [2.24, 2.45) is 0 Å². The van der Waals surface area contributed by atoms with Crippen molar-refractivity contribution in [2.45, 2.75) is 39.3 Å². The van der Waals surface area contributed by atoms with Gasteiger partial charge in [-0.25, -0.2) is 9.59 Å². The molecule has 0 atom stereocenters. The van der Waals surface area contributed by atoms with Gasteiger partial charge in [-0.3, -0.25) is 0 Å². The number of urea groups is 1. The number of benzene rings is 2. The topological polar surface area (TPSA) is 83.7 Å². The summed E-state index contributed by atoms with van der Waals surface area (Å²) in [4.78, 5) is 30.2. The van der Waals surface area contributed by atoms with Crippen LogP contribution in [0.5, 0.6) is 5.75 Å². The van der Waals surface area contributed by atoms with E-state index in [1.54, 1.807) is 11.0 Å². The number of carbonyl (C=O) groups is 2. The van der Waals surface area contributed by atoms with Crippen molar-refractivity contribution < 1.29 is 19.1 Å². The lowest BCUT2D eigenvalue weighted by Crippen LogP contribution is -2.39. The summed E-state index contributed by atoms with van der Waals surface area (Å²) >= 11 is 0. The summed E-state index contributed by atoms with van der Waals surface area (Å²) in [6.45, 7) is 6.96. The fraction of sp³-hybridized carbons (Fsp3) is 0.333. The van der Waals surface area contributed by atoms with Crippen molar-refractivity contribution >= 4 is 28.6 Å². The molecule has 162 valence electrons. The van der Waals surface area contributed by atoms with E-state index in [-0.39, 0.29) is 17.6 Å². The largest absolute Gasteiger partial charge is 0.486 e. The Morgan fingerprint density at radius 3 is 2.65 bits per heavy atom. The Morgan fingerprint density at radius 1 is 1.13 bits per heavy atom. The first-order valence-corrected chi connectivity index (χ1v) is 10.3. The number of carbonyl (C=O) groups excluding carboxylic acids is 2. The van der Waals surface area contributed by atoms with Gasteiger partial charge < -0.3 is 24.7 Å². The zero-order valence-corrected chi connectivity index (χ0v) is 18.2. The predicted octanol–water partition coefficient (Wildman–Crippen LogP) is 4.72. The monoisotopic (exact) mass is 421 g/mol. The van der Waals surface area contributed by atoms with Gasteiger partial charge in [-0.1, -0.05) is 12.1 Å². The molecule has 2 aromatic carbocycles. The maximum atomic E-state index is 13.0. The molecule has 3 aromatic rings. The zero-order valence-electron chi connectivity index (χ0n) is 18.2. The van der Waals surface area contributed by atoms with Gasteiger partial charge in [-0.05, 0) is 51.1 Å². The summed E-state index contributed by atoms with van der Waals surface area (Å²) in [7, 11) is 1.37. The maximum Gasteiger partial charge on any atom is 0.337 e. The molecule has 7 nitrogen and oxygen atoms in total. The van der Waals surface area contributed by atoms with E-state index in [0.717, 1.165) is 22.2 Å². The summed E-state index contributed by atoms with van der Waals surface area (Å²) in [5.74, 6) is 0.258. The fourth-order valence-electron chi connectivity index (χ4n) is 3.82. The number of rotatable bonds is 3. The molecule has 2 heterocycles. The predicted molar refractivity (Wildman–Crippen MR) is 120 cm³/mol. The highest BCUT2D eigenvalue weighted by Gasteiger charge is 2.25. The number of aromatic amines is 1. The van der Waals surface area contributed by atoms with E-state index in [9.17, 15) is 9.59 Å². The van der Waals surface area contributed by atoms with Gasteiger partial charge in [-0.2, -0.15) is 0 Å². The number of fused-ring (bicyclic) bond motifs is 3. The van der Waals surface area contributed by atoms with Gasteiger partial charge in [0.25, 0.3) is 0 Å². The van der Waals surface area contributed by atoms with Gasteiger partial charge in [0.05, 0.1) is 18.4 Å². The first-order chi connectivity index (χ1) is 14.7. The van der Waals surface area contributed by atoms with E-state index in [1.165, 1.54) is 7.11 Å². The number of methoxy groups -OCH3 is 1. The van der Waals surface area contributed by atoms with Crippen molar-refractivity contribution in [1.29, 1.82) is 0 Å². The average molecular weight is 421 g/mol. The summed E-state index contributed by atoms with van der Waals surface area (Å²) in [6, 6.07) is 12.7. The van der Waals surface area contributed by atoms with E-state index in [1.807, 2.05) is 57.2 Å². The SMILES string of the molecule is COC(=O)c1ccc2[nH]c3c(c2c1)CN(C(=O)Nc1ccccc1OC(C)(C)C)CC3. The molecule has 0 saturated heterocycles. The molecule has 0 saturated carbocycles. The highest BCUT2D eigenvalue weighted by atomic mass is 16.5. The first kappa shape index (κ1) is 20.8. The van der Waals surface area contributed by atoms with E-state index < -0.39 is 0 Å². The number of nitrogens with one attached hydrogen (secondary N) is 2. The Kier molecular flexibility index (Phi) is 5.35. The Bertz CT molecular complexity index is 1140. The second-order valence-electron chi connectivity index (χ2n) is 8.65. The van der Waals surface area contributed by atoms with Crippen LogP contribution >= 0.6 is 0 Å². The molecule has 1 aliphatic rings. The number of para-hydroxylation sites is 2. The van der Waals surface area contributed by atoms with E-state index in [0.29, 0.717) is 36.5 Å². The van der Waals surface area contributed by atoms with Gasteiger partial charge in [-0.15, -0.1) is 0 Å². The standard InChI is InChI=1S/C24H27N3O4/c1-24(2,3)31-21-8-6-5-7-20(21)26-23(29)27-12-11-19-17(14-27)16-13-15(22(28)30-4)9-10-18(16)25-19/h5-10,13,25H,11-12,14H2,1-4H3,(H,26,29). The molecule has 0 radical (unpaired) electrons. The number of H-pyrrole nitrogens is 1. The Hall–Kier alpha value is -3.48. The lowest BCUT2D eigenvalue weighted by Gasteiger charge is -2.28. The number of hydrogen-bond acceptors (Lipinski definition) is 4. The second-order valence-corrected chi connectivity index (χ2v) is 8.65. The molecule has 31 heavy (non-hydrogen) atoms. The minimum atomic E-state index is -0.377. The molecule has 4 rings (SSSR count). The summed E-state index contributed by atoms with van der Waals surface area (Å²) in [5.41, 5.74) is 3.83. The lowest BCUT2D eigenvalue weighted by atomic mass is 10.0. The quantitative estimate of drug-likeness (QED) is 0.599. The van der Waals surface area contributed by atoms with E-state index in [2.05, 4.69) is 10.3 Å². The van der Waals surface area contributed by atoms with Crippen LogP contribution in [0.1, 0.15) is 42.4 Å².